The predicted molar refractivity (Wildman–Crippen MR) is 51.8 cm³/mol. The first-order valence-corrected chi connectivity index (χ1v) is 4.65. The molecule has 1 aromatic heterocycles. The summed E-state index contributed by atoms with van der Waals surface area (Å²) in [6, 6.07) is 0. The van der Waals surface area contributed by atoms with Gasteiger partial charge in [0, 0.05) is 6.42 Å². The zero-order valence-corrected chi connectivity index (χ0v) is 8.90. The van der Waals surface area contributed by atoms with E-state index in [0.717, 1.165) is 0 Å². The monoisotopic (exact) mass is 208 g/mol. The average Bonchev–Trinajstić information content (AvgIpc) is 2.14. The van der Waals surface area contributed by atoms with Crippen molar-refractivity contribution in [1.82, 2.24) is 9.97 Å². The smallest absolute Gasteiger partial charge is 0.359 e. The Morgan fingerprint density at radius 2 is 2.27 bits per heavy atom. The highest BCUT2D eigenvalue weighted by Gasteiger charge is 2.34. The summed E-state index contributed by atoms with van der Waals surface area (Å²) in [5, 5.41) is 0. The zero-order chi connectivity index (χ0) is 11.1. The second kappa shape index (κ2) is 3.18. The second-order valence-corrected chi connectivity index (χ2v) is 4.03. The van der Waals surface area contributed by atoms with Gasteiger partial charge in [0.15, 0.2) is 5.69 Å². The number of ether oxygens (including phenoxy) is 2. The van der Waals surface area contributed by atoms with Crippen LogP contribution in [0.25, 0.3) is 0 Å². The molecule has 1 aliphatic heterocycles. The Balaban J connectivity index is 2.46. The van der Waals surface area contributed by atoms with Crippen molar-refractivity contribution in [3.05, 3.63) is 17.6 Å². The lowest BCUT2D eigenvalue weighted by Gasteiger charge is -2.29. The summed E-state index contributed by atoms with van der Waals surface area (Å²) in [6.07, 6.45) is 1.97. The molecule has 0 aromatic carbocycles. The predicted octanol–water partition coefficient (Wildman–Crippen LogP) is 0.977. The molecule has 0 unspecified atom stereocenters. The molecule has 1 aliphatic rings. The number of aromatic nitrogens is 2. The first-order valence-electron chi connectivity index (χ1n) is 4.65. The van der Waals surface area contributed by atoms with Gasteiger partial charge in [-0.3, -0.25) is 0 Å². The Morgan fingerprint density at radius 3 is 2.93 bits per heavy atom. The molecule has 0 saturated heterocycles. The van der Waals surface area contributed by atoms with Crippen molar-refractivity contribution in [2.45, 2.75) is 25.9 Å². The summed E-state index contributed by atoms with van der Waals surface area (Å²) >= 11 is 0. The number of cyclic esters (lactones) is 1. The van der Waals surface area contributed by atoms with Crippen LogP contribution in [0.5, 0.6) is 5.88 Å². The molecule has 0 bridgehead atoms. The van der Waals surface area contributed by atoms with E-state index in [1.54, 1.807) is 0 Å². The average molecular weight is 208 g/mol. The summed E-state index contributed by atoms with van der Waals surface area (Å²) in [7, 11) is 1.52. The van der Waals surface area contributed by atoms with E-state index in [2.05, 4.69) is 9.97 Å². The van der Waals surface area contributed by atoms with E-state index in [0.29, 0.717) is 18.0 Å². The van der Waals surface area contributed by atoms with Crippen LogP contribution in [0.15, 0.2) is 6.20 Å². The molecule has 0 N–H and O–H groups in total. The van der Waals surface area contributed by atoms with E-state index < -0.39 is 11.6 Å². The zero-order valence-electron chi connectivity index (χ0n) is 8.90. The first kappa shape index (κ1) is 9.89. The van der Waals surface area contributed by atoms with Gasteiger partial charge in [0.1, 0.15) is 5.60 Å². The normalized spacial score (nSPS) is 17.9. The van der Waals surface area contributed by atoms with E-state index in [4.69, 9.17) is 9.47 Å². The number of fused-ring (bicyclic) bond motifs is 1. The number of methoxy groups -OCH3 is 1. The molecule has 0 spiro atoms. The van der Waals surface area contributed by atoms with Gasteiger partial charge in [-0.2, -0.15) is 0 Å². The maximum absolute atomic E-state index is 11.5. The minimum Gasteiger partial charge on any atom is -0.480 e. The lowest BCUT2D eigenvalue weighted by Crippen LogP contribution is -2.37. The van der Waals surface area contributed by atoms with Gasteiger partial charge in [-0.1, -0.05) is 0 Å². The van der Waals surface area contributed by atoms with Crippen molar-refractivity contribution in [3.63, 3.8) is 0 Å². The van der Waals surface area contributed by atoms with E-state index in [9.17, 15) is 4.79 Å². The van der Waals surface area contributed by atoms with Crippen LogP contribution in [0.3, 0.4) is 0 Å². The third-order valence-electron chi connectivity index (χ3n) is 2.19. The highest BCUT2D eigenvalue weighted by atomic mass is 16.6. The maximum atomic E-state index is 11.5. The molecule has 0 aliphatic carbocycles. The number of esters is 1. The summed E-state index contributed by atoms with van der Waals surface area (Å²) < 4.78 is 10.1. The van der Waals surface area contributed by atoms with Gasteiger partial charge in [0.05, 0.1) is 19.0 Å². The standard InChI is InChI=1S/C10H12N2O3/c1-10(2)4-6-8(9(13)15-10)11-5-7(12-6)14-3/h5H,4H2,1-3H3. The van der Waals surface area contributed by atoms with E-state index in [1.807, 2.05) is 13.8 Å². The van der Waals surface area contributed by atoms with Crippen LogP contribution >= 0.6 is 0 Å². The number of rotatable bonds is 1. The third kappa shape index (κ3) is 1.77. The molecule has 0 fully saturated rings. The van der Waals surface area contributed by atoms with Gasteiger partial charge in [0.25, 0.3) is 0 Å². The molecule has 2 heterocycles. The highest BCUT2D eigenvalue weighted by molar-refractivity contribution is 5.89. The van der Waals surface area contributed by atoms with E-state index in [1.165, 1.54) is 13.3 Å². The SMILES string of the molecule is COc1cnc2c(n1)CC(C)(C)OC2=O. The molecule has 0 saturated carbocycles. The van der Waals surface area contributed by atoms with E-state index in [-0.39, 0.29) is 5.69 Å². The molecular formula is C10H12N2O3. The largest absolute Gasteiger partial charge is 0.480 e. The van der Waals surface area contributed by atoms with Crippen LogP contribution in [0, 0.1) is 0 Å². The highest BCUT2D eigenvalue weighted by Crippen LogP contribution is 2.26. The van der Waals surface area contributed by atoms with Gasteiger partial charge in [0.2, 0.25) is 5.88 Å². The van der Waals surface area contributed by atoms with Crippen LogP contribution in [0.4, 0.5) is 0 Å². The quantitative estimate of drug-likeness (QED) is 0.644. The molecule has 5 nitrogen and oxygen atoms in total. The number of carbonyl (C=O) groups excluding carboxylic acids is 1. The van der Waals surface area contributed by atoms with Crippen LogP contribution in [-0.2, 0) is 11.2 Å². The van der Waals surface area contributed by atoms with Gasteiger partial charge in [-0.05, 0) is 13.8 Å². The Kier molecular flexibility index (Phi) is 2.10. The lowest BCUT2D eigenvalue weighted by molar-refractivity contribution is -0.00824. The number of carbonyl (C=O) groups is 1. The summed E-state index contributed by atoms with van der Waals surface area (Å²) in [5.41, 5.74) is 0.399. The fraction of sp³-hybridized carbons (Fsp3) is 0.500. The summed E-state index contributed by atoms with van der Waals surface area (Å²) in [6.45, 7) is 3.68. The first-order chi connectivity index (χ1) is 7.02. The third-order valence-corrected chi connectivity index (χ3v) is 2.19. The number of nitrogens with zero attached hydrogens (tertiary/aromatic N) is 2. The van der Waals surface area contributed by atoms with Crippen LogP contribution in [-0.4, -0.2) is 28.6 Å². The van der Waals surface area contributed by atoms with Gasteiger partial charge in [-0.15, -0.1) is 0 Å². The minimum atomic E-state index is -0.523. The minimum absolute atomic E-state index is 0.287. The lowest BCUT2D eigenvalue weighted by atomic mass is 9.98. The van der Waals surface area contributed by atoms with Crippen LogP contribution in [0.1, 0.15) is 30.0 Å². The van der Waals surface area contributed by atoms with Crippen molar-refractivity contribution in [2.24, 2.45) is 0 Å². The molecular weight excluding hydrogens is 196 g/mol. The maximum Gasteiger partial charge on any atom is 0.359 e. The van der Waals surface area contributed by atoms with Crippen molar-refractivity contribution < 1.29 is 14.3 Å². The summed E-state index contributed by atoms with van der Waals surface area (Å²) in [4.78, 5) is 19.7. The Labute approximate surface area is 87.4 Å². The van der Waals surface area contributed by atoms with Crippen molar-refractivity contribution in [1.29, 1.82) is 0 Å². The van der Waals surface area contributed by atoms with Crippen molar-refractivity contribution in [2.75, 3.05) is 7.11 Å². The summed E-state index contributed by atoms with van der Waals surface area (Å²) in [5.74, 6) is -0.00402. The molecule has 2 rings (SSSR count). The molecule has 5 heteroatoms. The fourth-order valence-electron chi connectivity index (χ4n) is 1.54. The topological polar surface area (TPSA) is 61.3 Å². The molecule has 0 atom stereocenters. The van der Waals surface area contributed by atoms with Crippen LogP contribution < -0.4 is 4.74 Å². The van der Waals surface area contributed by atoms with Gasteiger partial charge >= 0.3 is 5.97 Å². The van der Waals surface area contributed by atoms with E-state index >= 15 is 0 Å². The molecule has 0 radical (unpaired) electrons. The van der Waals surface area contributed by atoms with Crippen LogP contribution in [0.2, 0.25) is 0 Å². The fourth-order valence-corrected chi connectivity index (χ4v) is 1.54. The second-order valence-electron chi connectivity index (χ2n) is 4.03. The number of hydrogen-bond donors (Lipinski definition) is 0. The van der Waals surface area contributed by atoms with Gasteiger partial charge < -0.3 is 9.47 Å². The number of hydrogen-bond acceptors (Lipinski definition) is 5. The Hall–Kier alpha value is -1.65. The van der Waals surface area contributed by atoms with Crippen molar-refractivity contribution >= 4 is 5.97 Å². The Bertz CT molecular complexity index is 415. The molecule has 80 valence electrons. The molecule has 0 amide bonds. The van der Waals surface area contributed by atoms with Gasteiger partial charge in [-0.25, -0.2) is 14.8 Å². The molecule has 15 heavy (non-hydrogen) atoms. The molecule has 1 aromatic rings. The van der Waals surface area contributed by atoms with Crippen molar-refractivity contribution in [3.8, 4) is 5.88 Å². The Morgan fingerprint density at radius 1 is 1.53 bits per heavy atom.